The summed E-state index contributed by atoms with van der Waals surface area (Å²) in [5.74, 6) is -2.22. The van der Waals surface area contributed by atoms with E-state index in [1.54, 1.807) is 0 Å². The fourth-order valence-electron chi connectivity index (χ4n) is 11.7. The first-order chi connectivity index (χ1) is 50.7. The minimum atomic E-state index is -4.99. The highest BCUT2D eigenvalue weighted by molar-refractivity contribution is 7.47. The summed E-state index contributed by atoms with van der Waals surface area (Å²) in [7, 11) is -9.96. The summed E-state index contributed by atoms with van der Waals surface area (Å²) in [6, 6.07) is 0. The predicted molar refractivity (Wildman–Crippen MR) is 427 cm³/mol. The van der Waals surface area contributed by atoms with Crippen LogP contribution in [0.3, 0.4) is 0 Å². The molecule has 0 bridgehead atoms. The quantitative estimate of drug-likeness (QED) is 0.0169. The molecule has 0 aromatic carbocycles. The molecule has 0 aromatic heterocycles. The molecule has 0 rings (SSSR count). The lowest BCUT2D eigenvalue weighted by Crippen LogP contribution is -2.30. The van der Waals surface area contributed by atoms with E-state index in [-0.39, 0.29) is 25.7 Å². The molecule has 0 spiro atoms. The van der Waals surface area contributed by atoms with Crippen LogP contribution >= 0.6 is 15.6 Å². The molecular weight excluding hydrogens is 1350 g/mol. The third-order valence-electron chi connectivity index (χ3n) is 18.2. The first kappa shape index (κ1) is 100. The molecule has 0 saturated carbocycles. The van der Waals surface area contributed by atoms with E-state index in [0.29, 0.717) is 32.1 Å². The lowest BCUT2D eigenvalue weighted by Gasteiger charge is -2.21. The Kier molecular flexibility index (Phi) is 75.0. The zero-order valence-electron chi connectivity index (χ0n) is 66.5. The molecule has 606 valence electrons. The Hall–Kier alpha value is -3.50. The number of ether oxygens (including phenoxy) is 4. The highest BCUT2D eigenvalue weighted by Gasteiger charge is 2.30. The summed E-state index contributed by atoms with van der Waals surface area (Å²) in [4.78, 5) is 73.1. The Morgan fingerprint density at radius 1 is 0.269 bits per heavy atom. The molecule has 0 aliphatic heterocycles. The number of carbonyl (C=O) groups is 4. The van der Waals surface area contributed by atoms with Crippen LogP contribution in [0.5, 0.6) is 0 Å². The molecule has 0 aliphatic rings. The normalized spacial score (nSPS) is 14.2. The topological polar surface area (TPSA) is 237 Å². The van der Waals surface area contributed by atoms with Crippen LogP contribution in [0.2, 0.25) is 0 Å². The van der Waals surface area contributed by atoms with E-state index in [9.17, 15) is 43.2 Å². The number of hydrogen-bond acceptors (Lipinski definition) is 15. The Morgan fingerprint density at radius 3 is 0.779 bits per heavy atom. The van der Waals surface area contributed by atoms with Crippen molar-refractivity contribution in [3.05, 3.63) is 72.9 Å². The third kappa shape index (κ3) is 76.7. The standard InChI is InChI=1S/C85H154O17P2/c1-5-9-13-17-21-25-29-33-37-39-43-46-50-54-58-62-66-70-83(88)96-76-80(101-84(89)71-67-63-59-55-51-47-42-36-32-28-24-20-16-12-8-4)77-99-103(91,92)97-73-79(86)74-98-104(93,94)100-78-81(75-95-82(87)69-65-61-57-53-49-45-41-35-31-27-23-19-15-11-7-3)102-85(90)72-68-64-60-56-52-48-44-40-38-34-30-26-22-18-14-10-6-2/h21,24-25,28,33,36-37,42-43,46,54,58,79-81,86H,5-20,22-23,26-27,29-32,34-35,38-41,44-45,47-53,55-57,59-78H2,1-4H3,(H,91,92)(H,93,94)/b25-21-,28-24-,37-33-,42-36-,46-43-,58-54-/t79-,80-,81-/m1/s1. The van der Waals surface area contributed by atoms with Gasteiger partial charge in [0.2, 0.25) is 0 Å². The molecule has 0 amide bonds. The number of aliphatic hydroxyl groups is 1. The van der Waals surface area contributed by atoms with Crippen molar-refractivity contribution in [1.29, 1.82) is 0 Å². The van der Waals surface area contributed by atoms with Gasteiger partial charge in [-0.15, -0.1) is 0 Å². The van der Waals surface area contributed by atoms with Gasteiger partial charge in [-0.25, -0.2) is 9.13 Å². The molecular formula is C85H154O17P2. The Balaban J connectivity index is 5.38. The summed E-state index contributed by atoms with van der Waals surface area (Å²) < 4.78 is 68.7. The van der Waals surface area contributed by atoms with Crippen LogP contribution in [0.25, 0.3) is 0 Å². The second kappa shape index (κ2) is 77.7. The second-order valence-electron chi connectivity index (χ2n) is 28.4. The molecule has 3 N–H and O–H groups in total. The van der Waals surface area contributed by atoms with Gasteiger partial charge in [0.05, 0.1) is 26.4 Å². The second-order valence-corrected chi connectivity index (χ2v) is 31.3. The number of carbonyl (C=O) groups excluding carboxylic acids is 4. The maximum atomic E-state index is 13.1. The van der Waals surface area contributed by atoms with Gasteiger partial charge in [0.15, 0.2) is 12.2 Å². The number of rotatable bonds is 80. The van der Waals surface area contributed by atoms with E-state index in [1.165, 1.54) is 186 Å². The lowest BCUT2D eigenvalue weighted by atomic mass is 10.0. The van der Waals surface area contributed by atoms with Crippen LogP contribution in [0, 0.1) is 0 Å². The predicted octanol–water partition coefficient (Wildman–Crippen LogP) is 24.8. The summed E-state index contributed by atoms with van der Waals surface area (Å²) in [5, 5.41) is 10.7. The van der Waals surface area contributed by atoms with Gasteiger partial charge in [-0.05, 0) is 96.3 Å². The zero-order valence-corrected chi connectivity index (χ0v) is 68.2. The van der Waals surface area contributed by atoms with Gasteiger partial charge in [0.25, 0.3) is 0 Å². The fraction of sp³-hybridized carbons (Fsp3) is 0.812. The van der Waals surface area contributed by atoms with E-state index in [1.807, 2.05) is 12.2 Å². The van der Waals surface area contributed by atoms with Crippen molar-refractivity contribution < 1.29 is 80.2 Å². The van der Waals surface area contributed by atoms with Crippen molar-refractivity contribution in [2.45, 2.75) is 406 Å². The minimum absolute atomic E-state index is 0.0699. The lowest BCUT2D eigenvalue weighted by molar-refractivity contribution is -0.161. The van der Waals surface area contributed by atoms with Crippen LogP contribution < -0.4 is 0 Å². The monoisotopic (exact) mass is 1510 g/mol. The largest absolute Gasteiger partial charge is 0.472 e. The number of phosphoric acid groups is 2. The van der Waals surface area contributed by atoms with Gasteiger partial charge >= 0.3 is 39.5 Å². The molecule has 0 radical (unpaired) electrons. The molecule has 0 aromatic rings. The molecule has 0 heterocycles. The van der Waals surface area contributed by atoms with E-state index in [4.69, 9.17) is 37.0 Å². The SMILES string of the molecule is CCCCC/C=C\C/C=C\C/C=C\C/C=C\CCCC(=O)OC[C@H](COP(=O)(O)OC[C@@H](O)COP(=O)(O)OC[C@@H](COC(=O)CCCCCCCCCCCCCCCCC)OC(=O)CCCCCCCCCCCCCCCCCCC)OC(=O)CCCCCCC/C=C\C/C=C\CCCCC. The smallest absolute Gasteiger partial charge is 0.462 e. The Morgan fingerprint density at radius 2 is 0.481 bits per heavy atom. The molecule has 0 aliphatic carbocycles. The van der Waals surface area contributed by atoms with Crippen LogP contribution in [0.4, 0.5) is 0 Å². The van der Waals surface area contributed by atoms with Crippen LogP contribution in [-0.4, -0.2) is 96.7 Å². The Labute approximate surface area is 634 Å². The van der Waals surface area contributed by atoms with Crippen LogP contribution in [0.15, 0.2) is 72.9 Å². The van der Waals surface area contributed by atoms with E-state index >= 15 is 0 Å². The van der Waals surface area contributed by atoms with E-state index in [2.05, 4.69) is 88.5 Å². The number of unbranched alkanes of at least 4 members (excludes halogenated alkanes) is 42. The molecule has 0 saturated heterocycles. The number of hydrogen-bond donors (Lipinski definition) is 3. The molecule has 2 unspecified atom stereocenters. The first-order valence-electron chi connectivity index (χ1n) is 42.2. The van der Waals surface area contributed by atoms with Crippen molar-refractivity contribution in [1.82, 2.24) is 0 Å². The summed E-state index contributed by atoms with van der Waals surface area (Å²) in [6.45, 7) is 4.84. The van der Waals surface area contributed by atoms with Crippen molar-refractivity contribution in [2.75, 3.05) is 39.6 Å². The molecule has 19 heteroatoms. The average molecular weight is 1510 g/mol. The summed E-state index contributed by atoms with van der Waals surface area (Å²) in [6.07, 6.45) is 80.1. The maximum Gasteiger partial charge on any atom is 0.472 e. The summed E-state index contributed by atoms with van der Waals surface area (Å²) in [5.41, 5.74) is 0. The van der Waals surface area contributed by atoms with Gasteiger partial charge in [0, 0.05) is 25.7 Å². The highest BCUT2D eigenvalue weighted by Crippen LogP contribution is 2.45. The maximum absolute atomic E-state index is 13.1. The van der Waals surface area contributed by atoms with Crippen LogP contribution in [-0.2, 0) is 65.4 Å². The highest BCUT2D eigenvalue weighted by atomic mass is 31.2. The number of esters is 4. The Bertz CT molecular complexity index is 2250. The number of allylic oxidation sites excluding steroid dienone is 12. The van der Waals surface area contributed by atoms with E-state index in [0.717, 1.165) is 116 Å². The van der Waals surface area contributed by atoms with Gasteiger partial charge in [0.1, 0.15) is 19.3 Å². The van der Waals surface area contributed by atoms with E-state index < -0.39 is 97.5 Å². The summed E-state index contributed by atoms with van der Waals surface area (Å²) >= 11 is 0. The van der Waals surface area contributed by atoms with Gasteiger partial charge in [-0.2, -0.15) is 0 Å². The molecule has 5 atom stereocenters. The zero-order chi connectivity index (χ0) is 76.0. The van der Waals surface area contributed by atoms with Crippen molar-refractivity contribution in [2.24, 2.45) is 0 Å². The van der Waals surface area contributed by atoms with Crippen molar-refractivity contribution >= 4 is 39.5 Å². The van der Waals surface area contributed by atoms with Gasteiger partial charge in [-0.1, -0.05) is 338 Å². The average Bonchev–Trinajstić information content (AvgIpc) is 0.909. The van der Waals surface area contributed by atoms with Crippen molar-refractivity contribution in [3.63, 3.8) is 0 Å². The minimum Gasteiger partial charge on any atom is -0.462 e. The fourth-order valence-corrected chi connectivity index (χ4v) is 13.3. The van der Waals surface area contributed by atoms with Gasteiger partial charge in [-0.3, -0.25) is 37.3 Å². The third-order valence-corrected chi connectivity index (χ3v) is 20.1. The first-order valence-corrected chi connectivity index (χ1v) is 45.2. The number of phosphoric ester groups is 2. The molecule has 17 nitrogen and oxygen atoms in total. The number of aliphatic hydroxyl groups excluding tert-OH is 1. The van der Waals surface area contributed by atoms with Gasteiger partial charge < -0.3 is 33.8 Å². The van der Waals surface area contributed by atoms with Crippen molar-refractivity contribution in [3.8, 4) is 0 Å². The molecule has 104 heavy (non-hydrogen) atoms. The van der Waals surface area contributed by atoms with Crippen LogP contribution in [0.1, 0.15) is 387 Å². The molecule has 0 fully saturated rings.